The first-order valence-corrected chi connectivity index (χ1v) is 6.91. The monoisotopic (exact) mass is 279 g/mol. The van der Waals surface area contributed by atoms with Crippen molar-refractivity contribution < 1.29 is 0 Å². The van der Waals surface area contributed by atoms with E-state index in [4.69, 9.17) is 5.73 Å². The van der Waals surface area contributed by atoms with E-state index in [0.29, 0.717) is 11.6 Å². The number of nitrogens with two attached hydrogens (primary N) is 1. The van der Waals surface area contributed by atoms with Gasteiger partial charge < -0.3 is 5.73 Å². The minimum absolute atomic E-state index is 0.328. The van der Waals surface area contributed by atoms with Gasteiger partial charge in [-0.25, -0.2) is 4.68 Å². The second-order valence-electron chi connectivity index (χ2n) is 5.12. The van der Waals surface area contributed by atoms with Crippen molar-refractivity contribution in [3.05, 3.63) is 60.2 Å². The van der Waals surface area contributed by atoms with E-state index in [1.807, 2.05) is 47.1 Å². The number of hydrogen-bond acceptors (Lipinski definition) is 4. The van der Waals surface area contributed by atoms with Crippen LogP contribution in [-0.2, 0) is 6.54 Å². The van der Waals surface area contributed by atoms with Crippen molar-refractivity contribution >= 4 is 5.69 Å². The molecule has 1 heterocycles. The summed E-state index contributed by atoms with van der Waals surface area (Å²) in [4.78, 5) is 0. The van der Waals surface area contributed by atoms with Crippen LogP contribution in [0.1, 0.15) is 18.4 Å². The molecule has 2 N–H and O–H groups in total. The van der Waals surface area contributed by atoms with Crippen LogP contribution >= 0.6 is 0 Å². The van der Waals surface area contributed by atoms with Gasteiger partial charge in [0.1, 0.15) is 0 Å². The summed E-state index contributed by atoms with van der Waals surface area (Å²) in [5, 5.41) is 12.0. The molecule has 1 atom stereocenters. The first-order valence-electron chi connectivity index (χ1n) is 6.91. The van der Waals surface area contributed by atoms with E-state index in [0.717, 1.165) is 17.9 Å². The maximum Gasteiger partial charge on any atom is 0.182 e. The van der Waals surface area contributed by atoms with Crippen molar-refractivity contribution in [3.8, 4) is 11.4 Å². The molecule has 5 nitrogen and oxygen atoms in total. The minimum Gasteiger partial charge on any atom is -0.399 e. The van der Waals surface area contributed by atoms with Gasteiger partial charge in [0.25, 0.3) is 0 Å². The molecule has 1 unspecified atom stereocenters. The first kappa shape index (κ1) is 13.3. The van der Waals surface area contributed by atoms with Gasteiger partial charge in [0.2, 0.25) is 0 Å². The number of anilines is 1. The van der Waals surface area contributed by atoms with Crippen LogP contribution in [0.3, 0.4) is 0 Å². The second-order valence-corrected chi connectivity index (χ2v) is 5.12. The molecule has 0 amide bonds. The van der Waals surface area contributed by atoms with Gasteiger partial charge in [-0.2, -0.15) is 0 Å². The average molecular weight is 279 g/mol. The summed E-state index contributed by atoms with van der Waals surface area (Å²) in [6.07, 6.45) is 0. The molecule has 2 aromatic carbocycles. The summed E-state index contributed by atoms with van der Waals surface area (Å²) in [7, 11) is 0. The number of tetrazole rings is 1. The molecule has 1 aromatic heterocycles. The van der Waals surface area contributed by atoms with E-state index in [9.17, 15) is 0 Å². The van der Waals surface area contributed by atoms with Gasteiger partial charge in [0, 0.05) is 17.2 Å². The Morgan fingerprint density at radius 2 is 1.90 bits per heavy atom. The Balaban J connectivity index is 1.86. The molecule has 0 spiro atoms. The quantitative estimate of drug-likeness (QED) is 0.745. The van der Waals surface area contributed by atoms with Crippen molar-refractivity contribution in [1.29, 1.82) is 0 Å². The Labute approximate surface area is 123 Å². The predicted octanol–water partition coefficient (Wildman–Crippen LogP) is 2.73. The molecule has 0 aliphatic heterocycles. The normalized spacial score (nSPS) is 12.2. The summed E-state index contributed by atoms with van der Waals surface area (Å²) in [5.41, 5.74) is 8.74. The van der Waals surface area contributed by atoms with Crippen molar-refractivity contribution in [2.24, 2.45) is 0 Å². The Morgan fingerprint density at radius 1 is 1.10 bits per heavy atom. The summed E-state index contributed by atoms with van der Waals surface area (Å²) in [6, 6.07) is 18.0. The van der Waals surface area contributed by atoms with Crippen LogP contribution in [0.15, 0.2) is 54.6 Å². The molecule has 0 aliphatic carbocycles. The molecule has 0 radical (unpaired) electrons. The van der Waals surface area contributed by atoms with Crippen LogP contribution in [0.25, 0.3) is 11.4 Å². The van der Waals surface area contributed by atoms with Crippen LogP contribution < -0.4 is 5.73 Å². The molecule has 0 saturated heterocycles. The smallest absolute Gasteiger partial charge is 0.182 e. The Bertz CT molecular complexity index is 720. The third-order valence-electron chi connectivity index (χ3n) is 3.49. The van der Waals surface area contributed by atoms with Crippen molar-refractivity contribution in [2.45, 2.75) is 19.4 Å². The van der Waals surface area contributed by atoms with Gasteiger partial charge in [-0.05, 0) is 28.1 Å². The van der Waals surface area contributed by atoms with Gasteiger partial charge in [-0.15, -0.1) is 5.10 Å². The van der Waals surface area contributed by atoms with Gasteiger partial charge >= 0.3 is 0 Å². The largest absolute Gasteiger partial charge is 0.399 e. The Hall–Kier alpha value is -2.69. The predicted molar refractivity (Wildman–Crippen MR) is 82.5 cm³/mol. The van der Waals surface area contributed by atoms with Crippen LogP contribution in [0.4, 0.5) is 5.69 Å². The molecule has 5 heteroatoms. The molecule has 0 aliphatic rings. The van der Waals surface area contributed by atoms with Gasteiger partial charge in [-0.1, -0.05) is 49.4 Å². The number of aromatic nitrogens is 4. The number of rotatable bonds is 4. The van der Waals surface area contributed by atoms with E-state index in [-0.39, 0.29) is 0 Å². The fourth-order valence-electron chi connectivity index (χ4n) is 2.36. The molecular weight excluding hydrogens is 262 g/mol. The van der Waals surface area contributed by atoms with Crippen molar-refractivity contribution in [1.82, 2.24) is 20.2 Å². The van der Waals surface area contributed by atoms with Crippen LogP contribution in [-0.4, -0.2) is 20.2 Å². The van der Waals surface area contributed by atoms with E-state index >= 15 is 0 Å². The molecule has 3 rings (SSSR count). The Morgan fingerprint density at radius 3 is 2.67 bits per heavy atom. The lowest BCUT2D eigenvalue weighted by Gasteiger charge is -2.12. The lowest BCUT2D eigenvalue weighted by Crippen LogP contribution is -2.09. The fraction of sp³-hybridized carbons (Fsp3) is 0.188. The van der Waals surface area contributed by atoms with Crippen molar-refractivity contribution in [3.63, 3.8) is 0 Å². The number of nitrogen functional groups attached to an aromatic ring is 1. The third kappa shape index (κ3) is 2.91. The highest BCUT2D eigenvalue weighted by Gasteiger charge is 2.13. The molecule has 21 heavy (non-hydrogen) atoms. The second kappa shape index (κ2) is 5.75. The molecular formula is C16H17N5. The topological polar surface area (TPSA) is 69.6 Å². The first-order chi connectivity index (χ1) is 10.2. The lowest BCUT2D eigenvalue weighted by molar-refractivity contribution is 0.531. The highest BCUT2D eigenvalue weighted by atomic mass is 15.5. The van der Waals surface area contributed by atoms with Crippen LogP contribution in [0.2, 0.25) is 0 Å². The van der Waals surface area contributed by atoms with Gasteiger partial charge in [-0.3, -0.25) is 0 Å². The number of hydrogen-bond donors (Lipinski definition) is 1. The van der Waals surface area contributed by atoms with Gasteiger partial charge in [0.15, 0.2) is 5.82 Å². The maximum absolute atomic E-state index is 5.83. The van der Waals surface area contributed by atoms with E-state index in [2.05, 4.69) is 34.6 Å². The third-order valence-corrected chi connectivity index (χ3v) is 3.49. The zero-order valence-corrected chi connectivity index (χ0v) is 11.8. The summed E-state index contributed by atoms with van der Waals surface area (Å²) < 4.78 is 1.83. The summed E-state index contributed by atoms with van der Waals surface area (Å²) in [5.74, 6) is 1.07. The van der Waals surface area contributed by atoms with Crippen LogP contribution in [0, 0.1) is 0 Å². The molecule has 0 fully saturated rings. The number of nitrogens with zero attached hydrogens (tertiary/aromatic N) is 4. The highest BCUT2D eigenvalue weighted by Crippen LogP contribution is 2.22. The average Bonchev–Trinajstić information content (AvgIpc) is 2.96. The van der Waals surface area contributed by atoms with Crippen molar-refractivity contribution in [2.75, 3.05) is 5.73 Å². The zero-order valence-electron chi connectivity index (χ0n) is 11.8. The van der Waals surface area contributed by atoms with E-state index in [1.165, 1.54) is 5.56 Å². The lowest BCUT2D eigenvalue weighted by atomic mass is 10.0. The van der Waals surface area contributed by atoms with Crippen LogP contribution in [0.5, 0.6) is 0 Å². The molecule has 0 bridgehead atoms. The molecule has 106 valence electrons. The zero-order chi connectivity index (χ0) is 14.7. The molecule has 3 aromatic rings. The number of benzene rings is 2. The Kier molecular flexibility index (Phi) is 3.64. The summed E-state index contributed by atoms with van der Waals surface area (Å²) in [6.45, 7) is 2.89. The maximum atomic E-state index is 5.83. The highest BCUT2D eigenvalue weighted by molar-refractivity contribution is 5.60. The fourth-order valence-corrected chi connectivity index (χ4v) is 2.36. The van der Waals surface area contributed by atoms with E-state index in [1.54, 1.807) is 0 Å². The van der Waals surface area contributed by atoms with E-state index < -0.39 is 0 Å². The molecule has 0 saturated carbocycles. The minimum atomic E-state index is 0.328. The standard InChI is InChI=1S/C16H17N5/c1-12(13-6-3-2-4-7-13)11-21-16(18-19-20-21)14-8-5-9-15(17)10-14/h2-10,12H,11,17H2,1H3. The van der Waals surface area contributed by atoms with Gasteiger partial charge in [0.05, 0.1) is 6.54 Å². The SMILES string of the molecule is CC(Cn1nnnc1-c1cccc(N)c1)c1ccccc1. The summed E-state index contributed by atoms with van der Waals surface area (Å²) >= 11 is 0.